The molecule has 3 aromatic rings. The van der Waals surface area contributed by atoms with Crippen LogP contribution in [0.25, 0.3) is 0 Å². The summed E-state index contributed by atoms with van der Waals surface area (Å²) in [6.45, 7) is 1.23. The molecule has 0 saturated carbocycles. The van der Waals surface area contributed by atoms with Crippen molar-refractivity contribution in [1.29, 1.82) is 0 Å². The Hall–Kier alpha value is -2.23. The molecule has 1 amide bonds. The van der Waals surface area contributed by atoms with Crippen LogP contribution in [0, 0.1) is 0 Å². The summed E-state index contributed by atoms with van der Waals surface area (Å²) >= 11 is 7.66. The molecule has 0 saturated heterocycles. The number of carbonyl (C=O) groups is 1. The molecule has 0 aliphatic carbocycles. The van der Waals surface area contributed by atoms with Gasteiger partial charge in [-0.25, -0.2) is 0 Å². The summed E-state index contributed by atoms with van der Waals surface area (Å²) in [7, 11) is 0. The molecule has 138 valence electrons. The molecule has 3 aromatic carbocycles. The van der Waals surface area contributed by atoms with Crippen molar-refractivity contribution in [2.45, 2.75) is 18.8 Å². The van der Waals surface area contributed by atoms with Gasteiger partial charge in [-0.1, -0.05) is 84.4 Å². The predicted octanol–water partition coefficient (Wildman–Crippen LogP) is 5.80. The van der Waals surface area contributed by atoms with Crippen molar-refractivity contribution < 1.29 is 4.79 Å². The van der Waals surface area contributed by atoms with E-state index in [0.717, 1.165) is 27.5 Å². The number of benzene rings is 3. The molecule has 0 atom stereocenters. The van der Waals surface area contributed by atoms with Crippen LogP contribution in [0.3, 0.4) is 0 Å². The molecule has 3 rings (SSSR count). The highest BCUT2D eigenvalue weighted by molar-refractivity contribution is 7.99. The monoisotopic (exact) mass is 395 g/mol. The van der Waals surface area contributed by atoms with Crippen molar-refractivity contribution in [3.63, 3.8) is 0 Å². The van der Waals surface area contributed by atoms with Gasteiger partial charge < -0.3 is 4.90 Å². The number of rotatable bonds is 8. The first-order valence-electron chi connectivity index (χ1n) is 8.88. The highest BCUT2D eigenvalue weighted by Crippen LogP contribution is 2.18. The van der Waals surface area contributed by atoms with Crippen LogP contribution in [0.2, 0.25) is 5.02 Å². The van der Waals surface area contributed by atoms with Gasteiger partial charge in [0, 0.05) is 23.9 Å². The standard InChI is InChI=1S/C23H22ClNOS/c24-22-13-7-12-21(14-22)17-27-18-23(26)25(15-19-8-3-1-4-9-19)16-20-10-5-2-6-11-20/h1-14H,15-18H2. The van der Waals surface area contributed by atoms with Crippen LogP contribution in [0.4, 0.5) is 0 Å². The summed E-state index contributed by atoms with van der Waals surface area (Å²) in [6, 6.07) is 28.1. The predicted molar refractivity (Wildman–Crippen MR) is 115 cm³/mol. The minimum atomic E-state index is 0.148. The lowest BCUT2D eigenvalue weighted by atomic mass is 10.1. The molecule has 0 aliphatic rings. The van der Waals surface area contributed by atoms with Gasteiger partial charge >= 0.3 is 0 Å². The van der Waals surface area contributed by atoms with Gasteiger partial charge in [0.1, 0.15) is 0 Å². The van der Waals surface area contributed by atoms with Crippen LogP contribution in [0.1, 0.15) is 16.7 Å². The van der Waals surface area contributed by atoms with E-state index in [1.54, 1.807) is 11.8 Å². The Bertz CT molecular complexity index is 813. The van der Waals surface area contributed by atoms with Gasteiger partial charge in [0.05, 0.1) is 5.75 Å². The maximum Gasteiger partial charge on any atom is 0.233 e. The molecule has 0 bridgehead atoms. The molecular weight excluding hydrogens is 374 g/mol. The fourth-order valence-corrected chi connectivity index (χ4v) is 3.90. The minimum absolute atomic E-state index is 0.148. The number of halogens is 1. The molecule has 0 aromatic heterocycles. The SMILES string of the molecule is O=C(CSCc1cccc(Cl)c1)N(Cc1ccccc1)Cc1ccccc1. The number of carbonyl (C=O) groups excluding carboxylic acids is 1. The Balaban J connectivity index is 1.62. The molecule has 0 spiro atoms. The van der Waals surface area contributed by atoms with E-state index in [-0.39, 0.29) is 5.91 Å². The Morgan fingerprint density at radius 3 is 1.89 bits per heavy atom. The first-order valence-corrected chi connectivity index (χ1v) is 10.4. The van der Waals surface area contributed by atoms with Crippen molar-refractivity contribution in [3.8, 4) is 0 Å². The van der Waals surface area contributed by atoms with Crippen molar-refractivity contribution in [1.82, 2.24) is 4.90 Å². The smallest absolute Gasteiger partial charge is 0.233 e. The van der Waals surface area contributed by atoms with Crippen molar-refractivity contribution in [2.24, 2.45) is 0 Å². The van der Waals surface area contributed by atoms with E-state index >= 15 is 0 Å². The van der Waals surface area contributed by atoms with Crippen LogP contribution in [-0.4, -0.2) is 16.6 Å². The zero-order valence-corrected chi connectivity index (χ0v) is 16.6. The van der Waals surface area contributed by atoms with E-state index in [2.05, 4.69) is 24.3 Å². The molecule has 0 unspecified atom stereocenters. The van der Waals surface area contributed by atoms with Crippen LogP contribution in [0.5, 0.6) is 0 Å². The fourth-order valence-electron chi connectivity index (χ4n) is 2.81. The third-order valence-electron chi connectivity index (χ3n) is 4.17. The molecule has 0 fully saturated rings. The van der Waals surface area contributed by atoms with Crippen LogP contribution in [0.15, 0.2) is 84.9 Å². The second kappa shape index (κ2) is 10.2. The van der Waals surface area contributed by atoms with E-state index in [4.69, 9.17) is 11.6 Å². The topological polar surface area (TPSA) is 20.3 Å². The van der Waals surface area contributed by atoms with Crippen molar-refractivity contribution in [3.05, 3.63) is 107 Å². The number of hydrogen-bond acceptors (Lipinski definition) is 2. The van der Waals surface area contributed by atoms with E-state index in [0.29, 0.717) is 18.8 Å². The minimum Gasteiger partial charge on any atom is -0.333 e. The lowest BCUT2D eigenvalue weighted by Gasteiger charge is -2.23. The fraction of sp³-hybridized carbons (Fsp3) is 0.174. The van der Waals surface area contributed by atoms with Crippen LogP contribution >= 0.6 is 23.4 Å². The summed E-state index contributed by atoms with van der Waals surface area (Å²) in [5.74, 6) is 1.37. The average Bonchev–Trinajstić information content (AvgIpc) is 2.69. The quantitative estimate of drug-likeness (QED) is 0.480. The van der Waals surface area contributed by atoms with Gasteiger partial charge in [0.25, 0.3) is 0 Å². The molecule has 4 heteroatoms. The van der Waals surface area contributed by atoms with Gasteiger partial charge in [-0.2, -0.15) is 0 Å². The lowest BCUT2D eigenvalue weighted by molar-refractivity contribution is -0.129. The van der Waals surface area contributed by atoms with Crippen LogP contribution < -0.4 is 0 Å². The van der Waals surface area contributed by atoms with E-state index in [1.165, 1.54) is 0 Å². The average molecular weight is 396 g/mol. The highest BCUT2D eigenvalue weighted by Gasteiger charge is 2.15. The van der Waals surface area contributed by atoms with Gasteiger partial charge in [0.15, 0.2) is 0 Å². The lowest BCUT2D eigenvalue weighted by Crippen LogP contribution is -2.31. The first kappa shape index (κ1) is 19.5. The largest absolute Gasteiger partial charge is 0.333 e. The second-order valence-corrected chi connectivity index (χ2v) is 7.77. The van der Waals surface area contributed by atoms with Gasteiger partial charge in [-0.3, -0.25) is 4.79 Å². The molecule has 0 radical (unpaired) electrons. The molecule has 2 nitrogen and oxygen atoms in total. The van der Waals surface area contributed by atoms with Crippen molar-refractivity contribution in [2.75, 3.05) is 5.75 Å². The highest BCUT2D eigenvalue weighted by atomic mass is 35.5. The Labute approximate surface area is 170 Å². The zero-order valence-electron chi connectivity index (χ0n) is 15.1. The normalized spacial score (nSPS) is 10.6. The summed E-state index contributed by atoms with van der Waals surface area (Å²) in [6.07, 6.45) is 0. The number of amides is 1. The third-order valence-corrected chi connectivity index (χ3v) is 5.39. The Kier molecular flexibility index (Phi) is 7.37. The van der Waals surface area contributed by atoms with Crippen molar-refractivity contribution >= 4 is 29.3 Å². The van der Waals surface area contributed by atoms with E-state index < -0.39 is 0 Å². The molecule has 0 N–H and O–H groups in total. The number of nitrogens with zero attached hydrogens (tertiary/aromatic N) is 1. The Morgan fingerprint density at radius 1 is 0.778 bits per heavy atom. The first-order chi connectivity index (χ1) is 13.2. The van der Waals surface area contributed by atoms with E-state index in [9.17, 15) is 4.79 Å². The number of thioether (sulfide) groups is 1. The number of hydrogen-bond donors (Lipinski definition) is 0. The Morgan fingerprint density at radius 2 is 1.33 bits per heavy atom. The zero-order chi connectivity index (χ0) is 18.9. The molecule has 0 aliphatic heterocycles. The molecule has 27 heavy (non-hydrogen) atoms. The van der Waals surface area contributed by atoms with Gasteiger partial charge in [-0.05, 0) is 28.8 Å². The maximum absolute atomic E-state index is 12.9. The maximum atomic E-state index is 12.9. The molecular formula is C23H22ClNOS. The summed E-state index contributed by atoms with van der Waals surface area (Å²) < 4.78 is 0. The van der Waals surface area contributed by atoms with Gasteiger partial charge in [-0.15, -0.1) is 11.8 Å². The van der Waals surface area contributed by atoms with E-state index in [1.807, 2.05) is 65.6 Å². The van der Waals surface area contributed by atoms with Crippen LogP contribution in [-0.2, 0) is 23.6 Å². The van der Waals surface area contributed by atoms with Gasteiger partial charge in [0.2, 0.25) is 5.91 Å². The second-order valence-electron chi connectivity index (χ2n) is 6.34. The summed E-state index contributed by atoms with van der Waals surface area (Å²) in [5, 5.41) is 0.731. The third kappa shape index (κ3) is 6.46. The summed E-state index contributed by atoms with van der Waals surface area (Å²) in [4.78, 5) is 14.8. The summed E-state index contributed by atoms with van der Waals surface area (Å²) in [5.41, 5.74) is 3.42. The molecule has 0 heterocycles.